The first kappa shape index (κ1) is 19.0. The number of aromatic nitrogens is 3. The second-order valence-corrected chi connectivity index (χ2v) is 7.08. The lowest BCUT2D eigenvalue weighted by Gasteiger charge is -2.21. The Labute approximate surface area is 170 Å². The number of imidazole rings is 1. The lowest BCUT2D eigenvalue weighted by Crippen LogP contribution is -2.33. The van der Waals surface area contributed by atoms with Gasteiger partial charge in [-0.05, 0) is 44.5 Å². The second-order valence-electron chi connectivity index (χ2n) is 7.08. The summed E-state index contributed by atoms with van der Waals surface area (Å²) in [7, 11) is 0. The maximum absolute atomic E-state index is 12.9. The number of benzene rings is 1. The predicted molar refractivity (Wildman–Crippen MR) is 112 cm³/mol. The quantitative estimate of drug-likeness (QED) is 0.710. The van der Waals surface area contributed by atoms with Crippen molar-refractivity contribution in [2.24, 2.45) is 0 Å². The molecule has 3 aromatic rings. The minimum absolute atomic E-state index is 0.108. The highest BCUT2D eigenvalue weighted by Crippen LogP contribution is 2.30. The SMILES string of the molecule is CCOc1ccccc1NC(=O)N1CCC(n2c(C)cnc2-c2ccncc2)C1. The number of amides is 2. The summed E-state index contributed by atoms with van der Waals surface area (Å²) in [5.74, 6) is 1.60. The molecule has 0 aliphatic carbocycles. The molecule has 4 rings (SSSR count). The Kier molecular flexibility index (Phi) is 5.46. The van der Waals surface area contributed by atoms with E-state index in [0.29, 0.717) is 31.1 Å². The maximum atomic E-state index is 12.9. The fourth-order valence-electron chi connectivity index (χ4n) is 3.80. The molecule has 3 heterocycles. The lowest BCUT2D eigenvalue weighted by molar-refractivity contribution is 0.220. The van der Waals surface area contributed by atoms with Gasteiger partial charge in [-0.25, -0.2) is 9.78 Å². The summed E-state index contributed by atoms with van der Waals surface area (Å²) in [6, 6.07) is 11.5. The van der Waals surface area contributed by atoms with E-state index in [0.717, 1.165) is 23.5 Å². The van der Waals surface area contributed by atoms with Crippen molar-refractivity contribution in [1.82, 2.24) is 19.4 Å². The number of carbonyl (C=O) groups excluding carboxylic acids is 1. The van der Waals surface area contributed by atoms with Crippen LogP contribution in [0.25, 0.3) is 11.4 Å². The number of nitrogens with one attached hydrogen (secondary N) is 1. The molecule has 0 radical (unpaired) electrons. The van der Waals surface area contributed by atoms with Gasteiger partial charge in [-0.1, -0.05) is 12.1 Å². The van der Waals surface area contributed by atoms with E-state index >= 15 is 0 Å². The summed E-state index contributed by atoms with van der Waals surface area (Å²) >= 11 is 0. The van der Waals surface area contributed by atoms with Crippen molar-refractivity contribution in [3.8, 4) is 17.1 Å². The summed E-state index contributed by atoms with van der Waals surface area (Å²) in [4.78, 5) is 23.4. The van der Waals surface area contributed by atoms with Crippen LogP contribution < -0.4 is 10.1 Å². The van der Waals surface area contributed by atoms with Crippen LogP contribution >= 0.6 is 0 Å². The monoisotopic (exact) mass is 391 g/mol. The third-order valence-electron chi connectivity index (χ3n) is 5.16. The number of urea groups is 1. The van der Waals surface area contributed by atoms with Crippen LogP contribution in [0.15, 0.2) is 55.0 Å². The summed E-state index contributed by atoms with van der Waals surface area (Å²) in [5.41, 5.74) is 2.81. The van der Waals surface area contributed by atoms with Gasteiger partial charge in [-0.2, -0.15) is 0 Å². The number of aryl methyl sites for hydroxylation is 1. The van der Waals surface area contributed by atoms with Gasteiger partial charge in [0.2, 0.25) is 0 Å². The number of hydrogen-bond donors (Lipinski definition) is 1. The van der Waals surface area contributed by atoms with Crippen LogP contribution in [-0.4, -0.2) is 45.2 Å². The van der Waals surface area contributed by atoms with E-state index in [4.69, 9.17) is 4.74 Å². The van der Waals surface area contributed by atoms with Gasteiger partial charge in [0.25, 0.3) is 0 Å². The van der Waals surface area contributed by atoms with Gasteiger partial charge in [-0.15, -0.1) is 0 Å². The average Bonchev–Trinajstić information content (AvgIpc) is 3.37. The van der Waals surface area contributed by atoms with E-state index in [1.165, 1.54) is 0 Å². The largest absolute Gasteiger partial charge is 0.492 e. The van der Waals surface area contributed by atoms with Crippen LogP contribution in [0.1, 0.15) is 25.1 Å². The van der Waals surface area contributed by atoms with Gasteiger partial charge in [0.15, 0.2) is 0 Å². The normalized spacial score (nSPS) is 16.1. The van der Waals surface area contributed by atoms with Crippen LogP contribution in [0.3, 0.4) is 0 Å². The number of hydrogen-bond acceptors (Lipinski definition) is 4. The molecule has 1 atom stereocenters. The van der Waals surface area contributed by atoms with E-state index in [-0.39, 0.29) is 12.1 Å². The third kappa shape index (κ3) is 3.94. The van der Waals surface area contributed by atoms with Crippen LogP contribution in [0.5, 0.6) is 5.75 Å². The highest BCUT2D eigenvalue weighted by molar-refractivity contribution is 5.91. The molecule has 2 amide bonds. The van der Waals surface area contributed by atoms with Crippen LogP contribution in [0, 0.1) is 6.92 Å². The number of pyridine rings is 1. The Bertz CT molecular complexity index is 986. The molecule has 7 nitrogen and oxygen atoms in total. The number of anilines is 1. The van der Waals surface area contributed by atoms with E-state index in [9.17, 15) is 4.79 Å². The van der Waals surface area contributed by atoms with Crippen LogP contribution in [-0.2, 0) is 0 Å². The minimum Gasteiger partial charge on any atom is -0.492 e. The van der Waals surface area contributed by atoms with E-state index in [2.05, 4.69) is 26.8 Å². The van der Waals surface area contributed by atoms with Crippen molar-refractivity contribution in [1.29, 1.82) is 0 Å². The zero-order valence-electron chi connectivity index (χ0n) is 16.7. The second kappa shape index (κ2) is 8.34. The molecule has 0 spiro atoms. The Morgan fingerprint density at radius 3 is 2.83 bits per heavy atom. The van der Waals surface area contributed by atoms with Crippen molar-refractivity contribution >= 4 is 11.7 Å². The Hall–Kier alpha value is -3.35. The Morgan fingerprint density at radius 2 is 2.03 bits per heavy atom. The summed E-state index contributed by atoms with van der Waals surface area (Å²) < 4.78 is 7.84. The molecule has 1 aliphatic heterocycles. The molecule has 150 valence electrons. The minimum atomic E-state index is -0.108. The Morgan fingerprint density at radius 1 is 1.24 bits per heavy atom. The zero-order chi connectivity index (χ0) is 20.2. The first-order chi connectivity index (χ1) is 14.2. The molecular formula is C22H25N5O2. The summed E-state index contributed by atoms with van der Waals surface area (Å²) in [6.07, 6.45) is 6.31. The van der Waals surface area contributed by atoms with Gasteiger partial charge in [0.05, 0.1) is 18.3 Å². The molecular weight excluding hydrogens is 366 g/mol. The molecule has 1 N–H and O–H groups in total. The predicted octanol–water partition coefficient (Wildman–Crippen LogP) is 4.13. The molecule has 0 bridgehead atoms. The smallest absolute Gasteiger partial charge is 0.322 e. The lowest BCUT2D eigenvalue weighted by atomic mass is 10.2. The van der Waals surface area contributed by atoms with Crippen molar-refractivity contribution in [3.63, 3.8) is 0 Å². The first-order valence-corrected chi connectivity index (χ1v) is 9.89. The molecule has 2 aromatic heterocycles. The van der Waals surface area contributed by atoms with Gasteiger partial charge < -0.3 is 19.5 Å². The molecule has 1 aromatic carbocycles. The standard InChI is InChI=1S/C22H25N5O2/c1-3-29-20-7-5-4-6-19(20)25-22(28)26-13-10-18(15-26)27-16(2)14-24-21(27)17-8-11-23-12-9-17/h4-9,11-12,14,18H,3,10,13,15H2,1-2H3,(H,25,28). The van der Waals surface area contributed by atoms with Gasteiger partial charge in [-0.3, -0.25) is 4.98 Å². The molecule has 1 fully saturated rings. The number of para-hydroxylation sites is 2. The summed E-state index contributed by atoms with van der Waals surface area (Å²) in [6.45, 7) is 5.87. The molecule has 0 saturated carbocycles. The van der Waals surface area contributed by atoms with Crippen molar-refractivity contribution in [2.75, 3.05) is 25.0 Å². The Balaban J connectivity index is 1.49. The molecule has 1 saturated heterocycles. The number of nitrogens with zero attached hydrogens (tertiary/aromatic N) is 4. The fourth-order valence-corrected chi connectivity index (χ4v) is 3.80. The molecule has 1 unspecified atom stereocenters. The fraction of sp³-hybridized carbons (Fsp3) is 0.318. The molecule has 1 aliphatic rings. The van der Waals surface area contributed by atoms with Crippen molar-refractivity contribution in [3.05, 3.63) is 60.7 Å². The third-order valence-corrected chi connectivity index (χ3v) is 5.16. The average molecular weight is 391 g/mol. The highest BCUT2D eigenvalue weighted by Gasteiger charge is 2.30. The summed E-state index contributed by atoms with van der Waals surface area (Å²) in [5, 5.41) is 2.99. The maximum Gasteiger partial charge on any atom is 0.322 e. The number of carbonyl (C=O) groups is 1. The first-order valence-electron chi connectivity index (χ1n) is 9.89. The molecule has 7 heteroatoms. The molecule has 29 heavy (non-hydrogen) atoms. The highest BCUT2D eigenvalue weighted by atomic mass is 16.5. The van der Waals surface area contributed by atoms with Gasteiger partial charge in [0.1, 0.15) is 11.6 Å². The zero-order valence-corrected chi connectivity index (χ0v) is 16.7. The van der Waals surface area contributed by atoms with Gasteiger partial charge in [0, 0.05) is 42.9 Å². The topological polar surface area (TPSA) is 72.3 Å². The van der Waals surface area contributed by atoms with Crippen molar-refractivity contribution in [2.45, 2.75) is 26.3 Å². The number of rotatable bonds is 5. The number of likely N-dealkylation sites (tertiary alicyclic amines) is 1. The van der Waals surface area contributed by atoms with E-state index in [1.807, 2.05) is 54.4 Å². The van der Waals surface area contributed by atoms with E-state index in [1.54, 1.807) is 12.4 Å². The number of ether oxygens (including phenoxy) is 1. The van der Waals surface area contributed by atoms with E-state index < -0.39 is 0 Å². The van der Waals surface area contributed by atoms with Gasteiger partial charge >= 0.3 is 6.03 Å². The van der Waals surface area contributed by atoms with Crippen LogP contribution in [0.2, 0.25) is 0 Å². The van der Waals surface area contributed by atoms with Crippen molar-refractivity contribution < 1.29 is 9.53 Å². The van der Waals surface area contributed by atoms with Crippen LogP contribution in [0.4, 0.5) is 10.5 Å².